The summed E-state index contributed by atoms with van der Waals surface area (Å²) in [5.74, 6) is -1.49. The van der Waals surface area contributed by atoms with Crippen molar-refractivity contribution >= 4 is 11.9 Å². The molecule has 1 aromatic carbocycles. The molecule has 1 aromatic heterocycles. The Kier molecular flexibility index (Phi) is 3.81. The smallest absolute Gasteiger partial charge is 0.326 e. The molecule has 3 rings (SSSR count). The summed E-state index contributed by atoms with van der Waals surface area (Å²) in [6.45, 7) is 2.05. The van der Waals surface area contributed by atoms with E-state index in [9.17, 15) is 14.0 Å². The third-order valence-corrected chi connectivity index (χ3v) is 3.83. The van der Waals surface area contributed by atoms with Crippen LogP contribution in [0.4, 0.5) is 4.39 Å². The third-order valence-electron chi connectivity index (χ3n) is 3.83. The fourth-order valence-electron chi connectivity index (χ4n) is 2.70. The van der Waals surface area contributed by atoms with Crippen molar-refractivity contribution < 1.29 is 19.1 Å². The second-order valence-corrected chi connectivity index (χ2v) is 5.37. The molecule has 1 aliphatic rings. The molecule has 0 spiro atoms. The number of likely N-dealkylation sites (tertiary alicyclic amines) is 1. The number of hydrogen-bond donors (Lipinski definition) is 1. The van der Waals surface area contributed by atoms with Crippen LogP contribution in [0.3, 0.4) is 0 Å². The van der Waals surface area contributed by atoms with E-state index in [0.717, 1.165) is 0 Å². The molecule has 120 valence electrons. The third kappa shape index (κ3) is 2.79. The van der Waals surface area contributed by atoms with Gasteiger partial charge in [0.1, 0.15) is 17.7 Å². The number of aliphatic carboxylic acids is 1. The van der Waals surface area contributed by atoms with Crippen LogP contribution < -0.4 is 0 Å². The molecule has 23 heavy (non-hydrogen) atoms. The van der Waals surface area contributed by atoms with Crippen molar-refractivity contribution in [3.63, 3.8) is 0 Å². The first-order valence-electron chi connectivity index (χ1n) is 7.21. The standard InChI is InChI=1S/C15H15FN4O3/c1-9-17-13(14(21)19-8-2-3-12(19)15(22)23)18-20(9)11-6-4-10(16)5-7-11/h4-7,12H,2-3,8H2,1H3,(H,22,23)/t12-/m0/s1. The maximum Gasteiger partial charge on any atom is 0.326 e. The summed E-state index contributed by atoms with van der Waals surface area (Å²) < 4.78 is 14.4. The van der Waals surface area contributed by atoms with Gasteiger partial charge in [-0.1, -0.05) is 0 Å². The first-order chi connectivity index (χ1) is 11.0. The van der Waals surface area contributed by atoms with Crippen LogP contribution in [0, 0.1) is 12.7 Å². The molecule has 8 heteroatoms. The maximum atomic E-state index is 13.0. The Balaban J connectivity index is 1.90. The van der Waals surface area contributed by atoms with Crippen molar-refractivity contribution in [1.29, 1.82) is 0 Å². The number of nitrogens with zero attached hydrogens (tertiary/aromatic N) is 4. The quantitative estimate of drug-likeness (QED) is 0.924. The van der Waals surface area contributed by atoms with Crippen molar-refractivity contribution in [1.82, 2.24) is 19.7 Å². The van der Waals surface area contributed by atoms with E-state index in [4.69, 9.17) is 5.11 Å². The number of carboxylic acid groups (broad SMARTS) is 1. The van der Waals surface area contributed by atoms with E-state index in [-0.39, 0.29) is 11.6 Å². The highest BCUT2D eigenvalue weighted by atomic mass is 19.1. The van der Waals surface area contributed by atoms with Crippen LogP contribution in [0.25, 0.3) is 5.69 Å². The van der Waals surface area contributed by atoms with Gasteiger partial charge in [0.25, 0.3) is 5.91 Å². The summed E-state index contributed by atoms with van der Waals surface area (Å²) in [5.41, 5.74) is 0.576. The SMILES string of the molecule is Cc1nc(C(=O)N2CCC[C@H]2C(=O)O)nn1-c1ccc(F)cc1. The van der Waals surface area contributed by atoms with Gasteiger partial charge < -0.3 is 10.0 Å². The van der Waals surface area contributed by atoms with Gasteiger partial charge >= 0.3 is 5.97 Å². The monoisotopic (exact) mass is 318 g/mol. The van der Waals surface area contributed by atoms with E-state index in [1.807, 2.05) is 0 Å². The number of carbonyl (C=O) groups excluding carboxylic acids is 1. The van der Waals surface area contributed by atoms with Crippen LogP contribution in [0.2, 0.25) is 0 Å². The Bertz CT molecular complexity index is 757. The molecular weight excluding hydrogens is 303 g/mol. The highest BCUT2D eigenvalue weighted by molar-refractivity contribution is 5.93. The first kappa shape index (κ1) is 15.1. The van der Waals surface area contributed by atoms with Gasteiger partial charge in [-0.3, -0.25) is 4.79 Å². The number of rotatable bonds is 3. The summed E-state index contributed by atoms with van der Waals surface area (Å²) >= 11 is 0. The van der Waals surface area contributed by atoms with E-state index >= 15 is 0 Å². The Morgan fingerprint density at radius 3 is 2.65 bits per heavy atom. The second kappa shape index (κ2) is 5.79. The van der Waals surface area contributed by atoms with Crippen LogP contribution in [0.1, 0.15) is 29.3 Å². The molecule has 1 atom stereocenters. The van der Waals surface area contributed by atoms with Crippen molar-refractivity contribution in [2.75, 3.05) is 6.54 Å². The maximum absolute atomic E-state index is 13.0. The van der Waals surface area contributed by atoms with Gasteiger partial charge in [-0.15, -0.1) is 5.10 Å². The van der Waals surface area contributed by atoms with Crippen molar-refractivity contribution in [2.45, 2.75) is 25.8 Å². The first-order valence-corrected chi connectivity index (χ1v) is 7.21. The molecule has 0 aliphatic carbocycles. The molecule has 7 nitrogen and oxygen atoms in total. The normalized spacial score (nSPS) is 17.5. The fourth-order valence-corrected chi connectivity index (χ4v) is 2.70. The lowest BCUT2D eigenvalue weighted by molar-refractivity contribution is -0.141. The highest BCUT2D eigenvalue weighted by Gasteiger charge is 2.36. The van der Waals surface area contributed by atoms with Crippen LogP contribution >= 0.6 is 0 Å². The van der Waals surface area contributed by atoms with Gasteiger partial charge in [-0.2, -0.15) is 0 Å². The Morgan fingerprint density at radius 1 is 1.30 bits per heavy atom. The molecular formula is C15H15FN4O3. The Hall–Kier alpha value is -2.77. The molecule has 0 bridgehead atoms. The average molecular weight is 318 g/mol. The van der Waals surface area contributed by atoms with Gasteiger partial charge in [0.15, 0.2) is 0 Å². The number of aryl methyl sites for hydroxylation is 1. The molecule has 2 aromatic rings. The molecule has 0 radical (unpaired) electrons. The van der Waals surface area contributed by atoms with E-state index in [2.05, 4.69) is 10.1 Å². The molecule has 0 unspecified atom stereocenters. The zero-order valence-electron chi connectivity index (χ0n) is 12.4. The molecule has 1 N–H and O–H groups in total. The zero-order chi connectivity index (χ0) is 16.6. The van der Waals surface area contributed by atoms with Crippen LogP contribution in [0.5, 0.6) is 0 Å². The summed E-state index contributed by atoms with van der Waals surface area (Å²) in [4.78, 5) is 29.1. The molecule has 2 heterocycles. The molecule has 1 fully saturated rings. The van der Waals surface area contributed by atoms with Crippen LogP contribution in [0.15, 0.2) is 24.3 Å². The average Bonchev–Trinajstić information content (AvgIpc) is 3.14. The van der Waals surface area contributed by atoms with E-state index in [1.165, 1.54) is 33.8 Å². The zero-order valence-corrected chi connectivity index (χ0v) is 12.4. The van der Waals surface area contributed by atoms with Gasteiger partial charge in [-0.25, -0.2) is 18.9 Å². The van der Waals surface area contributed by atoms with Gasteiger partial charge in [-0.05, 0) is 44.0 Å². The number of amides is 1. The second-order valence-electron chi connectivity index (χ2n) is 5.37. The largest absolute Gasteiger partial charge is 0.480 e. The number of benzene rings is 1. The lowest BCUT2D eigenvalue weighted by atomic mass is 10.2. The van der Waals surface area contributed by atoms with E-state index in [1.54, 1.807) is 6.92 Å². The number of aromatic nitrogens is 3. The van der Waals surface area contributed by atoms with Crippen LogP contribution in [-0.4, -0.2) is 49.2 Å². The summed E-state index contributed by atoms with van der Waals surface area (Å²) in [5, 5.41) is 13.3. The van der Waals surface area contributed by atoms with E-state index in [0.29, 0.717) is 30.9 Å². The summed E-state index contributed by atoms with van der Waals surface area (Å²) in [7, 11) is 0. The summed E-state index contributed by atoms with van der Waals surface area (Å²) in [6, 6.07) is 4.81. The minimum Gasteiger partial charge on any atom is -0.480 e. The van der Waals surface area contributed by atoms with Gasteiger partial charge in [0.05, 0.1) is 5.69 Å². The fraction of sp³-hybridized carbons (Fsp3) is 0.333. The molecule has 0 saturated carbocycles. The van der Waals surface area contributed by atoms with E-state index < -0.39 is 17.9 Å². The molecule has 1 aliphatic heterocycles. The number of carbonyl (C=O) groups is 2. The minimum absolute atomic E-state index is 0.0556. The Labute approximate surface area is 131 Å². The number of carboxylic acids is 1. The van der Waals surface area contributed by atoms with Crippen LogP contribution in [-0.2, 0) is 4.79 Å². The predicted octanol–water partition coefficient (Wildman–Crippen LogP) is 1.40. The van der Waals surface area contributed by atoms with Gasteiger partial charge in [0.2, 0.25) is 5.82 Å². The molecule has 1 saturated heterocycles. The lowest BCUT2D eigenvalue weighted by Crippen LogP contribution is -2.40. The van der Waals surface area contributed by atoms with Crippen molar-refractivity contribution in [3.8, 4) is 5.69 Å². The topological polar surface area (TPSA) is 88.3 Å². The lowest BCUT2D eigenvalue weighted by Gasteiger charge is -2.19. The predicted molar refractivity (Wildman–Crippen MR) is 77.7 cm³/mol. The highest BCUT2D eigenvalue weighted by Crippen LogP contribution is 2.20. The summed E-state index contributed by atoms with van der Waals surface area (Å²) in [6.07, 6.45) is 1.07. The van der Waals surface area contributed by atoms with Gasteiger partial charge in [0, 0.05) is 6.54 Å². The Morgan fingerprint density at radius 2 is 2.00 bits per heavy atom. The van der Waals surface area contributed by atoms with Crippen molar-refractivity contribution in [3.05, 3.63) is 41.7 Å². The molecule has 1 amide bonds. The number of halogens is 1. The minimum atomic E-state index is -1.02. The number of hydrogen-bond acceptors (Lipinski definition) is 4. The van der Waals surface area contributed by atoms with Crippen molar-refractivity contribution in [2.24, 2.45) is 0 Å².